The Morgan fingerprint density at radius 1 is 1.17 bits per heavy atom. The molecule has 1 aromatic carbocycles. The number of Topliss-reactive ketones (excluding diaryl/α,β-unsaturated/α-hetero) is 1. The molecule has 0 radical (unpaired) electrons. The van der Waals surface area contributed by atoms with Crippen molar-refractivity contribution in [1.82, 2.24) is 4.98 Å². The van der Waals surface area contributed by atoms with Crippen LogP contribution in [-0.2, 0) is 6.42 Å². The Hall–Kier alpha value is -2.42. The monoisotopic (exact) mass is 237 g/mol. The van der Waals surface area contributed by atoms with Crippen LogP contribution in [0.3, 0.4) is 0 Å². The summed E-state index contributed by atoms with van der Waals surface area (Å²) >= 11 is 0. The van der Waals surface area contributed by atoms with Crippen LogP contribution in [0, 0.1) is 0 Å². The van der Waals surface area contributed by atoms with Crippen LogP contribution in [0.5, 0.6) is 5.75 Å². The van der Waals surface area contributed by atoms with Gasteiger partial charge in [-0.15, -0.1) is 0 Å². The van der Waals surface area contributed by atoms with Gasteiger partial charge in [0.25, 0.3) is 0 Å². The lowest BCUT2D eigenvalue weighted by molar-refractivity contribution is 0.103. The first-order valence-electron chi connectivity index (χ1n) is 5.73. The van der Waals surface area contributed by atoms with Crippen LogP contribution >= 0.6 is 0 Å². The van der Waals surface area contributed by atoms with E-state index in [4.69, 9.17) is 0 Å². The minimum Gasteiger partial charge on any atom is -0.507 e. The van der Waals surface area contributed by atoms with Crippen LogP contribution in [0.1, 0.15) is 21.6 Å². The highest BCUT2D eigenvalue weighted by Crippen LogP contribution is 2.33. The maximum atomic E-state index is 12.2. The zero-order valence-electron chi connectivity index (χ0n) is 9.63. The molecule has 1 aliphatic carbocycles. The van der Waals surface area contributed by atoms with Crippen molar-refractivity contribution in [2.45, 2.75) is 6.42 Å². The molecular formula is C15H11NO2. The van der Waals surface area contributed by atoms with E-state index in [9.17, 15) is 9.90 Å². The maximum Gasteiger partial charge on any atom is 0.193 e. The van der Waals surface area contributed by atoms with Crippen molar-refractivity contribution >= 4 is 11.9 Å². The Bertz CT molecular complexity index is 645. The number of carbonyl (C=O) groups is 1. The fraction of sp³-hybridized carbons (Fsp3) is 0.0667. The van der Waals surface area contributed by atoms with E-state index in [0.29, 0.717) is 17.6 Å². The number of aromatic nitrogens is 1. The number of benzene rings is 1. The number of carbonyl (C=O) groups excluding carboxylic acids is 1. The van der Waals surface area contributed by atoms with Gasteiger partial charge in [0.05, 0.1) is 11.3 Å². The highest BCUT2D eigenvalue weighted by molar-refractivity contribution is 6.16. The third kappa shape index (κ3) is 1.70. The van der Waals surface area contributed by atoms with Crippen LogP contribution in [0.4, 0.5) is 0 Å². The number of phenols is 1. The summed E-state index contributed by atoms with van der Waals surface area (Å²) in [7, 11) is 0. The van der Waals surface area contributed by atoms with Crippen molar-refractivity contribution in [2.75, 3.05) is 0 Å². The molecule has 1 heterocycles. The molecule has 3 nitrogen and oxygen atoms in total. The van der Waals surface area contributed by atoms with Gasteiger partial charge in [0.15, 0.2) is 5.78 Å². The van der Waals surface area contributed by atoms with Gasteiger partial charge in [-0.2, -0.15) is 0 Å². The van der Waals surface area contributed by atoms with Crippen molar-refractivity contribution < 1.29 is 9.90 Å². The number of aromatic hydroxyl groups is 1. The van der Waals surface area contributed by atoms with Gasteiger partial charge in [-0.25, -0.2) is 0 Å². The van der Waals surface area contributed by atoms with Gasteiger partial charge in [-0.1, -0.05) is 18.2 Å². The molecule has 0 bridgehead atoms. The number of nitrogens with zero attached hydrogens (tertiary/aromatic N) is 1. The lowest BCUT2D eigenvalue weighted by atomic mass is 10.1. The van der Waals surface area contributed by atoms with Crippen molar-refractivity contribution in [2.24, 2.45) is 0 Å². The average Bonchev–Trinajstić information content (AvgIpc) is 2.69. The predicted octanol–water partition coefficient (Wildman–Crippen LogP) is 2.61. The summed E-state index contributed by atoms with van der Waals surface area (Å²) in [4.78, 5) is 16.3. The van der Waals surface area contributed by atoms with Crippen molar-refractivity contribution in [3.05, 3.63) is 65.0 Å². The lowest BCUT2D eigenvalue weighted by Gasteiger charge is -1.98. The Morgan fingerprint density at radius 3 is 2.78 bits per heavy atom. The van der Waals surface area contributed by atoms with Gasteiger partial charge in [0, 0.05) is 18.2 Å². The molecule has 88 valence electrons. The highest BCUT2D eigenvalue weighted by Gasteiger charge is 2.27. The molecule has 0 amide bonds. The Morgan fingerprint density at radius 2 is 2.06 bits per heavy atom. The van der Waals surface area contributed by atoms with E-state index in [1.54, 1.807) is 24.4 Å². The Balaban J connectivity index is 2.03. The van der Waals surface area contributed by atoms with Crippen LogP contribution in [0.25, 0.3) is 6.08 Å². The standard InChI is InChI=1S/C15H11NO2/c17-13-6-3-4-10-8-11(15(18)14(10)13)9-12-5-1-2-7-16-12/h1-7,9,17H,8H2/b11-9+. The first-order chi connectivity index (χ1) is 8.75. The molecule has 0 fully saturated rings. The highest BCUT2D eigenvalue weighted by atomic mass is 16.3. The van der Waals surface area contributed by atoms with Gasteiger partial charge >= 0.3 is 0 Å². The molecule has 18 heavy (non-hydrogen) atoms. The zero-order valence-corrected chi connectivity index (χ0v) is 9.63. The summed E-state index contributed by atoms with van der Waals surface area (Å²) < 4.78 is 0. The molecule has 1 aliphatic rings. The lowest BCUT2D eigenvalue weighted by Crippen LogP contribution is -1.96. The number of ketones is 1. The van der Waals surface area contributed by atoms with Crippen LogP contribution in [0.15, 0.2) is 48.2 Å². The number of pyridine rings is 1. The molecule has 3 heteroatoms. The minimum atomic E-state index is -0.103. The first-order valence-corrected chi connectivity index (χ1v) is 5.73. The number of rotatable bonds is 1. The summed E-state index contributed by atoms with van der Waals surface area (Å²) in [5, 5.41) is 9.72. The minimum absolute atomic E-state index is 0.0573. The molecule has 0 unspecified atom stereocenters. The van der Waals surface area contributed by atoms with Gasteiger partial charge in [0.2, 0.25) is 0 Å². The second-order valence-corrected chi connectivity index (χ2v) is 4.24. The fourth-order valence-electron chi connectivity index (χ4n) is 2.20. The number of hydrogen-bond donors (Lipinski definition) is 1. The number of hydrogen-bond acceptors (Lipinski definition) is 3. The smallest absolute Gasteiger partial charge is 0.193 e. The zero-order chi connectivity index (χ0) is 12.5. The Kier molecular flexibility index (Phi) is 2.45. The molecule has 3 rings (SSSR count). The van der Waals surface area contributed by atoms with Gasteiger partial charge in [0.1, 0.15) is 5.75 Å². The fourth-order valence-corrected chi connectivity index (χ4v) is 2.20. The van der Waals surface area contributed by atoms with Crippen molar-refractivity contribution in [3.8, 4) is 5.75 Å². The molecule has 0 spiro atoms. The maximum absolute atomic E-state index is 12.2. The molecule has 1 aromatic heterocycles. The largest absolute Gasteiger partial charge is 0.507 e. The van der Waals surface area contributed by atoms with Crippen LogP contribution in [0.2, 0.25) is 0 Å². The summed E-state index contributed by atoms with van der Waals surface area (Å²) in [6, 6.07) is 10.7. The molecule has 1 N–H and O–H groups in total. The Labute approximate surface area is 104 Å². The molecule has 2 aromatic rings. The van der Waals surface area contributed by atoms with Crippen molar-refractivity contribution in [1.29, 1.82) is 0 Å². The van der Waals surface area contributed by atoms with Gasteiger partial charge < -0.3 is 5.11 Å². The first kappa shape index (κ1) is 10.7. The summed E-state index contributed by atoms with van der Waals surface area (Å²) in [6.07, 6.45) is 4.03. The van der Waals surface area contributed by atoms with Crippen molar-refractivity contribution in [3.63, 3.8) is 0 Å². The predicted molar refractivity (Wildman–Crippen MR) is 68.4 cm³/mol. The average molecular weight is 237 g/mol. The van der Waals surface area contributed by atoms with E-state index < -0.39 is 0 Å². The van der Waals surface area contributed by atoms with Gasteiger partial charge in [-0.3, -0.25) is 9.78 Å². The molecular weight excluding hydrogens is 226 g/mol. The van der Waals surface area contributed by atoms with E-state index in [2.05, 4.69) is 4.98 Å². The topological polar surface area (TPSA) is 50.2 Å². The molecule has 0 saturated heterocycles. The second-order valence-electron chi connectivity index (χ2n) is 4.24. The molecule has 0 saturated carbocycles. The molecule has 0 aliphatic heterocycles. The quantitative estimate of drug-likeness (QED) is 0.775. The number of phenolic OH excluding ortho intramolecular Hbond substituents is 1. The molecule has 0 atom stereocenters. The van der Waals surface area contributed by atoms with E-state index in [0.717, 1.165) is 11.3 Å². The van der Waals surface area contributed by atoms with E-state index in [1.807, 2.05) is 24.3 Å². The third-order valence-electron chi connectivity index (χ3n) is 3.04. The van der Waals surface area contributed by atoms with E-state index in [1.165, 1.54) is 0 Å². The number of allylic oxidation sites excluding steroid dienone is 1. The van der Waals surface area contributed by atoms with Crippen LogP contribution in [-0.4, -0.2) is 15.9 Å². The normalized spacial score (nSPS) is 16.0. The van der Waals surface area contributed by atoms with Crippen LogP contribution < -0.4 is 0 Å². The summed E-state index contributed by atoms with van der Waals surface area (Å²) in [5.41, 5.74) is 2.74. The summed E-state index contributed by atoms with van der Waals surface area (Å²) in [6.45, 7) is 0. The third-order valence-corrected chi connectivity index (χ3v) is 3.04. The van der Waals surface area contributed by atoms with E-state index in [-0.39, 0.29) is 11.5 Å². The second kappa shape index (κ2) is 4.11. The van der Waals surface area contributed by atoms with Gasteiger partial charge in [-0.05, 0) is 29.8 Å². The summed E-state index contributed by atoms with van der Waals surface area (Å²) in [5.74, 6) is -0.0457. The SMILES string of the molecule is O=C1/C(=C/c2ccccn2)Cc2cccc(O)c21. The number of fused-ring (bicyclic) bond motifs is 1. The van der Waals surface area contributed by atoms with E-state index >= 15 is 0 Å².